The van der Waals surface area contributed by atoms with E-state index in [2.05, 4.69) is 11.8 Å². The third kappa shape index (κ3) is 1.65. The molecule has 0 aromatic carbocycles. The van der Waals surface area contributed by atoms with Crippen LogP contribution in [0.2, 0.25) is 0 Å². The molecule has 0 atom stereocenters. The van der Waals surface area contributed by atoms with E-state index in [4.69, 9.17) is 4.42 Å². The second-order valence-corrected chi connectivity index (χ2v) is 1.67. The highest BCUT2D eigenvalue weighted by molar-refractivity contribution is 5.29. The Kier molecular flexibility index (Phi) is 1.98. The Bertz CT molecular complexity index is 210. The zero-order valence-corrected chi connectivity index (χ0v) is 5.35. The van der Waals surface area contributed by atoms with Crippen LogP contribution in [0, 0.1) is 11.8 Å². The summed E-state index contributed by atoms with van der Waals surface area (Å²) in [7, 11) is 0. The van der Waals surface area contributed by atoms with Gasteiger partial charge in [0.2, 0.25) is 0 Å². The molecule has 1 aromatic rings. The molecular weight excluding hydrogens is 112 g/mol. The first-order valence-electron chi connectivity index (χ1n) is 2.94. The lowest BCUT2D eigenvalue weighted by atomic mass is 10.3. The minimum absolute atomic E-state index is 0.894. The largest absolute Gasteiger partial charge is 0.471 e. The van der Waals surface area contributed by atoms with E-state index in [0.29, 0.717) is 0 Å². The molecule has 0 spiro atoms. The summed E-state index contributed by atoms with van der Waals surface area (Å²) in [6.07, 6.45) is 4.16. The van der Waals surface area contributed by atoms with Gasteiger partial charge in [0.05, 0.1) is 11.8 Å². The van der Waals surface area contributed by atoms with Crippen molar-refractivity contribution in [1.82, 2.24) is 0 Å². The molecule has 0 aliphatic carbocycles. The quantitative estimate of drug-likeness (QED) is 0.477. The number of furan rings is 1. The van der Waals surface area contributed by atoms with Crippen molar-refractivity contribution in [1.29, 1.82) is 0 Å². The number of rotatable bonds is 0. The highest BCUT2D eigenvalue weighted by Gasteiger charge is 1.82. The minimum Gasteiger partial charge on any atom is -0.471 e. The lowest BCUT2D eigenvalue weighted by molar-refractivity contribution is 0.566. The third-order valence-electron chi connectivity index (χ3n) is 0.931. The molecular formula is C8H8O. The van der Waals surface area contributed by atoms with E-state index < -0.39 is 0 Å². The third-order valence-corrected chi connectivity index (χ3v) is 0.931. The molecule has 46 valence electrons. The summed E-state index contributed by atoms with van der Waals surface area (Å²) in [6.45, 7) is 2.02. The zero-order chi connectivity index (χ0) is 6.53. The average Bonchev–Trinajstić information content (AvgIpc) is 2.34. The van der Waals surface area contributed by atoms with Gasteiger partial charge < -0.3 is 4.42 Å². The first-order valence-corrected chi connectivity index (χ1v) is 2.94. The van der Waals surface area contributed by atoms with Crippen molar-refractivity contribution in [3.8, 4) is 11.8 Å². The van der Waals surface area contributed by atoms with Gasteiger partial charge in [0.1, 0.15) is 6.26 Å². The Labute approximate surface area is 54.7 Å². The van der Waals surface area contributed by atoms with E-state index in [1.807, 2.05) is 13.0 Å². The molecule has 0 unspecified atom stereocenters. The molecule has 0 amide bonds. The maximum absolute atomic E-state index is 4.81. The lowest BCUT2D eigenvalue weighted by Crippen LogP contribution is -1.60. The first kappa shape index (κ1) is 5.97. The Morgan fingerprint density at radius 1 is 1.67 bits per heavy atom. The number of hydrogen-bond acceptors (Lipinski definition) is 1. The Balaban J connectivity index is 2.67. The highest BCUT2D eigenvalue weighted by Crippen LogP contribution is 1.95. The maximum Gasteiger partial charge on any atom is 0.106 e. The first-order chi connectivity index (χ1) is 4.43. The van der Waals surface area contributed by atoms with Gasteiger partial charge in [0.15, 0.2) is 0 Å². The summed E-state index contributed by atoms with van der Waals surface area (Å²) in [5, 5.41) is 0. The molecule has 0 fully saturated rings. The topological polar surface area (TPSA) is 13.1 Å². The molecule has 1 heterocycles. The Morgan fingerprint density at radius 2 is 2.56 bits per heavy atom. The summed E-state index contributed by atoms with van der Waals surface area (Å²) in [5.41, 5.74) is 0.955. The van der Waals surface area contributed by atoms with Gasteiger partial charge in [-0.25, -0.2) is 0 Å². The molecule has 0 saturated heterocycles. The van der Waals surface area contributed by atoms with Gasteiger partial charge in [-0.15, -0.1) is 0 Å². The summed E-state index contributed by atoms with van der Waals surface area (Å²) < 4.78 is 4.81. The van der Waals surface area contributed by atoms with Crippen LogP contribution in [0.3, 0.4) is 0 Å². The minimum atomic E-state index is 0.894. The second-order valence-electron chi connectivity index (χ2n) is 1.67. The standard InChI is InChI=1S/C8H8O/c1-2-3-4-8-5-6-9-7-8/h5-7H,2H2,1H3. The molecule has 1 aromatic heterocycles. The van der Waals surface area contributed by atoms with E-state index in [9.17, 15) is 0 Å². The van der Waals surface area contributed by atoms with Crippen LogP contribution in [0.1, 0.15) is 18.9 Å². The molecule has 0 aliphatic rings. The van der Waals surface area contributed by atoms with Crippen LogP contribution < -0.4 is 0 Å². The van der Waals surface area contributed by atoms with Crippen molar-refractivity contribution in [2.45, 2.75) is 13.3 Å². The fourth-order valence-corrected chi connectivity index (χ4v) is 0.526. The SMILES string of the molecule is CCC#Cc1ccoc1. The molecule has 1 rings (SSSR count). The monoisotopic (exact) mass is 120 g/mol. The van der Waals surface area contributed by atoms with Crippen molar-refractivity contribution in [2.75, 3.05) is 0 Å². The van der Waals surface area contributed by atoms with Crippen molar-refractivity contribution < 1.29 is 4.42 Å². The average molecular weight is 120 g/mol. The molecule has 0 radical (unpaired) electrons. The smallest absolute Gasteiger partial charge is 0.106 e. The van der Waals surface area contributed by atoms with E-state index in [0.717, 1.165) is 12.0 Å². The molecule has 1 heteroatoms. The van der Waals surface area contributed by atoms with Crippen molar-refractivity contribution in [2.24, 2.45) is 0 Å². The highest BCUT2D eigenvalue weighted by atomic mass is 16.3. The van der Waals surface area contributed by atoms with Crippen LogP contribution in [-0.2, 0) is 0 Å². The molecule has 0 N–H and O–H groups in total. The van der Waals surface area contributed by atoms with E-state index in [1.165, 1.54) is 0 Å². The Morgan fingerprint density at radius 3 is 3.11 bits per heavy atom. The summed E-state index contributed by atoms with van der Waals surface area (Å²) in [6, 6.07) is 1.85. The second kappa shape index (κ2) is 2.99. The van der Waals surface area contributed by atoms with Crippen molar-refractivity contribution in [3.05, 3.63) is 24.2 Å². The summed E-state index contributed by atoms with van der Waals surface area (Å²) >= 11 is 0. The van der Waals surface area contributed by atoms with Crippen molar-refractivity contribution >= 4 is 0 Å². The molecule has 0 aliphatic heterocycles. The van der Waals surface area contributed by atoms with Gasteiger partial charge in [-0.1, -0.05) is 18.8 Å². The van der Waals surface area contributed by atoms with Crippen molar-refractivity contribution in [3.63, 3.8) is 0 Å². The lowest BCUT2D eigenvalue weighted by Gasteiger charge is -1.71. The van der Waals surface area contributed by atoms with Crippen LogP contribution in [0.25, 0.3) is 0 Å². The Hall–Kier alpha value is -1.16. The fourth-order valence-electron chi connectivity index (χ4n) is 0.526. The van der Waals surface area contributed by atoms with Gasteiger partial charge in [0.25, 0.3) is 0 Å². The summed E-state index contributed by atoms with van der Waals surface area (Å²) in [5.74, 6) is 5.87. The fraction of sp³-hybridized carbons (Fsp3) is 0.250. The zero-order valence-electron chi connectivity index (χ0n) is 5.35. The summed E-state index contributed by atoms with van der Waals surface area (Å²) in [4.78, 5) is 0. The molecule has 1 nitrogen and oxygen atoms in total. The van der Waals surface area contributed by atoms with Crippen LogP contribution in [-0.4, -0.2) is 0 Å². The van der Waals surface area contributed by atoms with Gasteiger partial charge >= 0.3 is 0 Å². The number of hydrogen-bond donors (Lipinski definition) is 0. The van der Waals surface area contributed by atoms with Gasteiger partial charge in [0, 0.05) is 6.42 Å². The van der Waals surface area contributed by atoms with E-state index >= 15 is 0 Å². The van der Waals surface area contributed by atoms with E-state index in [-0.39, 0.29) is 0 Å². The van der Waals surface area contributed by atoms with Crippen LogP contribution in [0.5, 0.6) is 0 Å². The maximum atomic E-state index is 4.81. The predicted molar refractivity (Wildman–Crippen MR) is 35.9 cm³/mol. The van der Waals surface area contributed by atoms with Crippen LogP contribution in [0.4, 0.5) is 0 Å². The van der Waals surface area contributed by atoms with E-state index in [1.54, 1.807) is 12.5 Å². The normalized spacial score (nSPS) is 8.11. The van der Waals surface area contributed by atoms with Gasteiger partial charge in [-0.2, -0.15) is 0 Å². The predicted octanol–water partition coefficient (Wildman–Crippen LogP) is 2.04. The van der Waals surface area contributed by atoms with Crippen LogP contribution in [0.15, 0.2) is 23.0 Å². The molecule has 9 heavy (non-hydrogen) atoms. The van der Waals surface area contributed by atoms with Gasteiger partial charge in [-0.3, -0.25) is 0 Å². The van der Waals surface area contributed by atoms with Crippen LogP contribution >= 0.6 is 0 Å². The molecule has 0 bridgehead atoms. The molecule has 0 saturated carbocycles. The van der Waals surface area contributed by atoms with Gasteiger partial charge in [-0.05, 0) is 6.07 Å².